The number of nitrogens with zero attached hydrogens (tertiary/aromatic N) is 3. The molecule has 1 saturated heterocycles. The third kappa shape index (κ3) is 3.18. The van der Waals surface area contributed by atoms with E-state index >= 15 is 0 Å². The van der Waals surface area contributed by atoms with Gasteiger partial charge in [0.05, 0.1) is 6.33 Å². The van der Waals surface area contributed by atoms with Gasteiger partial charge in [-0.15, -0.1) is 0 Å². The molecule has 1 aliphatic heterocycles. The van der Waals surface area contributed by atoms with E-state index < -0.39 is 0 Å². The first kappa shape index (κ1) is 13.1. The van der Waals surface area contributed by atoms with Crippen molar-refractivity contribution in [3.05, 3.63) is 18.2 Å². The van der Waals surface area contributed by atoms with Crippen molar-refractivity contribution in [2.45, 2.75) is 51.1 Å². The van der Waals surface area contributed by atoms with Crippen LogP contribution in [0.15, 0.2) is 12.5 Å². The number of nitrogens with one attached hydrogen (secondary N) is 1. The van der Waals surface area contributed by atoms with Crippen LogP contribution in [0.4, 0.5) is 0 Å². The quantitative estimate of drug-likeness (QED) is 0.849. The Labute approximate surface area is 116 Å². The predicted octanol–water partition coefficient (Wildman–Crippen LogP) is 1.83. The van der Waals surface area contributed by atoms with Crippen molar-refractivity contribution >= 4 is 0 Å². The molecule has 0 spiro atoms. The highest BCUT2D eigenvalue weighted by Gasteiger charge is 2.27. The van der Waals surface area contributed by atoms with Crippen LogP contribution < -0.4 is 5.32 Å². The van der Waals surface area contributed by atoms with Gasteiger partial charge >= 0.3 is 0 Å². The van der Waals surface area contributed by atoms with Crippen LogP contribution >= 0.6 is 0 Å². The van der Waals surface area contributed by atoms with Gasteiger partial charge < -0.3 is 9.88 Å². The molecule has 1 aliphatic carbocycles. The number of imidazole rings is 1. The van der Waals surface area contributed by atoms with Crippen LogP contribution in [0.3, 0.4) is 0 Å². The second-order valence-corrected chi connectivity index (χ2v) is 5.90. The molecule has 0 unspecified atom stereocenters. The molecule has 4 nitrogen and oxygen atoms in total. The summed E-state index contributed by atoms with van der Waals surface area (Å²) in [5, 5.41) is 3.44. The average molecular weight is 262 g/mol. The van der Waals surface area contributed by atoms with Crippen molar-refractivity contribution in [2.24, 2.45) is 0 Å². The summed E-state index contributed by atoms with van der Waals surface area (Å²) >= 11 is 0. The van der Waals surface area contributed by atoms with Crippen molar-refractivity contribution in [3.63, 3.8) is 0 Å². The Morgan fingerprint density at radius 2 is 2.11 bits per heavy atom. The van der Waals surface area contributed by atoms with E-state index in [0.717, 1.165) is 25.7 Å². The van der Waals surface area contributed by atoms with Crippen LogP contribution in [0, 0.1) is 0 Å². The predicted molar refractivity (Wildman–Crippen MR) is 77.3 cm³/mol. The van der Waals surface area contributed by atoms with E-state index in [1.54, 1.807) is 0 Å². The Kier molecular flexibility index (Phi) is 4.18. The monoisotopic (exact) mass is 262 g/mol. The Bertz CT molecular complexity index is 391. The summed E-state index contributed by atoms with van der Waals surface area (Å²) < 4.78 is 2.39. The van der Waals surface area contributed by atoms with E-state index in [9.17, 15) is 0 Å². The van der Waals surface area contributed by atoms with Gasteiger partial charge in [-0.25, -0.2) is 4.98 Å². The standard InChI is InChI=1S/C15H26N4/c1-2-18(14-3-4-14)9-10-19-12-17-11-15(19)13-5-7-16-8-6-13/h11-14,16H,2-10H2,1H3. The van der Waals surface area contributed by atoms with Gasteiger partial charge in [0.2, 0.25) is 0 Å². The van der Waals surface area contributed by atoms with Gasteiger partial charge in [0.25, 0.3) is 0 Å². The molecule has 0 atom stereocenters. The fraction of sp³-hybridized carbons (Fsp3) is 0.800. The van der Waals surface area contributed by atoms with Gasteiger partial charge in [-0.05, 0) is 45.3 Å². The maximum atomic E-state index is 4.39. The largest absolute Gasteiger partial charge is 0.333 e. The van der Waals surface area contributed by atoms with Crippen molar-refractivity contribution in [1.29, 1.82) is 0 Å². The Morgan fingerprint density at radius 1 is 1.32 bits per heavy atom. The zero-order chi connectivity index (χ0) is 13.1. The molecule has 106 valence electrons. The first-order chi connectivity index (χ1) is 9.38. The lowest BCUT2D eigenvalue weighted by Gasteiger charge is -2.25. The van der Waals surface area contributed by atoms with E-state index in [1.807, 2.05) is 6.33 Å². The zero-order valence-electron chi connectivity index (χ0n) is 12.0. The number of piperidine rings is 1. The average Bonchev–Trinajstić information content (AvgIpc) is 3.18. The normalized spacial score (nSPS) is 21.2. The summed E-state index contributed by atoms with van der Waals surface area (Å²) in [7, 11) is 0. The van der Waals surface area contributed by atoms with Crippen molar-refractivity contribution in [3.8, 4) is 0 Å². The minimum atomic E-state index is 0.708. The minimum absolute atomic E-state index is 0.708. The van der Waals surface area contributed by atoms with E-state index in [4.69, 9.17) is 0 Å². The number of likely N-dealkylation sites (N-methyl/N-ethyl adjacent to an activating group) is 1. The van der Waals surface area contributed by atoms with E-state index in [1.165, 1.54) is 44.5 Å². The highest BCUT2D eigenvalue weighted by Crippen LogP contribution is 2.27. The molecule has 0 bridgehead atoms. The number of rotatable bonds is 6. The van der Waals surface area contributed by atoms with Crippen LogP contribution in [0.1, 0.15) is 44.2 Å². The molecule has 0 amide bonds. The summed E-state index contributed by atoms with van der Waals surface area (Å²) in [6.45, 7) is 8.04. The van der Waals surface area contributed by atoms with Crippen LogP contribution in [-0.2, 0) is 6.54 Å². The van der Waals surface area contributed by atoms with Crippen molar-refractivity contribution in [1.82, 2.24) is 19.8 Å². The molecule has 2 aliphatic rings. The number of hydrogen-bond donors (Lipinski definition) is 1. The summed E-state index contributed by atoms with van der Waals surface area (Å²) in [6, 6.07) is 0.871. The molecule has 1 aromatic heterocycles. The fourth-order valence-electron chi connectivity index (χ4n) is 3.25. The topological polar surface area (TPSA) is 33.1 Å². The molecule has 4 heteroatoms. The smallest absolute Gasteiger partial charge is 0.0948 e. The van der Waals surface area contributed by atoms with Crippen LogP contribution in [-0.4, -0.2) is 46.7 Å². The molecule has 0 radical (unpaired) electrons. The summed E-state index contributed by atoms with van der Waals surface area (Å²) in [5.74, 6) is 0.708. The number of hydrogen-bond acceptors (Lipinski definition) is 3. The minimum Gasteiger partial charge on any atom is -0.333 e. The second kappa shape index (κ2) is 6.06. The first-order valence-electron chi connectivity index (χ1n) is 7.83. The van der Waals surface area contributed by atoms with Gasteiger partial charge in [0.15, 0.2) is 0 Å². The molecule has 0 aromatic carbocycles. The molecule has 1 aromatic rings. The maximum absolute atomic E-state index is 4.39. The molecule has 2 fully saturated rings. The zero-order valence-corrected chi connectivity index (χ0v) is 12.0. The van der Waals surface area contributed by atoms with Gasteiger partial charge in [0, 0.05) is 36.9 Å². The van der Waals surface area contributed by atoms with E-state index in [2.05, 4.69) is 32.9 Å². The molecule has 2 heterocycles. The highest BCUT2D eigenvalue weighted by molar-refractivity contribution is 5.08. The van der Waals surface area contributed by atoms with Gasteiger partial charge in [-0.1, -0.05) is 6.92 Å². The van der Waals surface area contributed by atoms with Crippen molar-refractivity contribution in [2.75, 3.05) is 26.2 Å². The van der Waals surface area contributed by atoms with Crippen LogP contribution in [0.2, 0.25) is 0 Å². The van der Waals surface area contributed by atoms with Crippen LogP contribution in [0.5, 0.6) is 0 Å². The molecule has 3 rings (SSSR count). The lowest BCUT2D eigenvalue weighted by molar-refractivity contribution is 0.263. The van der Waals surface area contributed by atoms with Gasteiger partial charge in [-0.2, -0.15) is 0 Å². The fourth-order valence-corrected chi connectivity index (χ4v) is 3.25. The Balaban J connectivity index is 1.59. The van der Waals surface area contributed by atoms with Crippen LogP contribution in [0.25, 0.3) is 0 Å². The molecule has 1 saturated carbocycles. The summed E-state index contributed by atoms with van der Waals surface area (Å²) in [6.07, 6.45) is 9.43. The van der Waals surface area contributed by atoms with E-state index in [-0.39, 0.29) is 0 Å². The molecular weight excluding hydrogens is 236 g/mol. The third-order valence-corrected chi connectivity index (χ3v) is 4.60. The second-order valence-electron chi connectivity index (χ2n) is 5.90. The lowest BCUT2D eigenvalue weighted by Crippen LogP contribution is -2.31. The SMILES string of the molecule is CCN(CCn1cncc1C1CCNCC1)C1CC1. The van der Waals surface area contributed by atoms with E-state index in [0.29, 0.717) is 5.92 Å². The Morgan fingerprint density at radius 3 is 2.79 bits per heavy atom. The lowest BCUT2D eigenvalue weighted by atomic mass is 9.95. The first-order valence-corrected chi connectivity index (χ1v) is 7.83. The summed E-state index contributed by atoms with van der Waals surface area (Å²) in [4.78, 5) is 7.00. The Hall–Kier alpha value is -0.870. The molecule has 19 heavy (non-hydrogen) atoms. The highest BCUT2D eigenvalue weighted by atomic mass is 15.2. The molecular formula is C15H26N4. The third-order valence-electron chi connectivity index (χ3n) is 4.60. The molecule has 1 N–H and O–H groups in total. The maximum Gasteiger partial charge on any atom is 0.0948 e. The van der Waals surface area contributed by atoms with Crippen molar-refractivity contribution < 1.29 is 0 Å². The van der Waals surface area contributed by atoms with Gasteiger partial charge in [0.1, 0.15) is 0 Å². The van der Waals surface area contributed by atoms with Gasteiger partial charge in [-0.3, -0.25) is 4.90 Å². The summed E-state index contributed by atoms with van der Waals surface area (Å²) in [5.41, 5.74) is 1.45. The number of aromatic nitrogens is 2.